The van der Waals surface area contributed by atoms with Gasteiger partial charge in [-0.1, -0.05) is 6.92 Å². The number of rotatable bonds is 8. The number of H-pyrrole nitrogens is 2. The lowest BCUT2D eigenvalue weighted by Crippen LogP contribution is -2.28. The van der Waals surface area contributed by atoms with E-state index in [2.05, 4.69) is 20.5 Å². The van der Waals surface area contributed by atoms with Crippen molar-refractivity contribution in [3.05, 3.63) is 61.9 Å². The predicted octanol–water partition coefficient (Wildman–Crippen LogP) is 1.24. The summed E-state index contributed by atoms with van der Waals surface area (Å²) in [5.41, 5.74) is 3.04. The first kappa shape index (κ1) is 19.2. The first-order chi connectivity index (χ1) is 12.5. The van der Waals surface area contributed by atoms with Crippen LogP contribution >= 0.6 is 0 Å². The fraction of sp³-hybridized carbons (Fsp3) is 0.333. The number of carbonyl (C=O) groups excluding carboxylic acids is 1. The van der Waals surface area contributed by atoms with Crippen molar-refractivity contribution in [1.29, 1.82) is 0 Å². The van der Waals surface area contributed by atoms with Gasteiger partial charge in [-0.05, 0) is 49.6 Å². The van der Waals surface area contributed by atoms with Gasteiger partial charge in [-0.25, -0.2) is 10.2 Å². The van der Waals surface area contributed by atoms with E-state index in [1.54, 1.807) is 6.92 Å². The maximum Gasteiger partial charge on any atom is 0.325 e. The number of ether oxygens (including phenoxy) is 1. The number of hydrazone groups is 1. The zero-order valence-corrected chi connectivity index (χ0v) is 14.8. The third-order valence-electron chi connectivity index (χ3n) is 3.61. The van der Waals surface area contributed by atoms with Crippen molar-refractivity contribution in [1.82, 2.24) is 15.4 Å². The summed E-state index contributed by atoms with van der Waals surface area (Å²) in [5.74, 6) is 0.462. The van der Waals surface area contributed by atoms with E-state index < -0.39 is 11.2 Å². The second-order valence-corrected chi connectivity index (χ2v) is 5.72. The van der Waals surface area contributed by atoms with Gasteiger partial charge in [0.2, 0.25) is 5.91 Å². The Labute approximate surface area is 150 Å². The number of hydrogen-bond donors (Lipinski definition) is 3. The van der Waals surface area contributed by atoms with E-state index in [1.807, 2.05) is 31.2 Å². The Morgan fingerprint density at radius 2 is 1.96 bits per heavy atom. The highest BCUT2D eigenvalue weighted by Crippen LogP contribution is 2.11. The fourth-order valence-electron chi connectivity index (χ4n) is 2.27. The molecule has 2 rings (SSSR count). The van der Waals surface area contributed by atoms with Crippen LogP contribution in [0.5, 0.6) is 5.75 Å². The van der Waals surface area contributed by atoms with Crippen LogP contribution in [0.25, 0.3) is 0 Å². The number of hydrogen-bond acceptors (Lipinski definition) is 5. The largest absolute Gasteiger partial charge is 0.494 e. The Hall–Kier alpha value is -3.16. The third kappa shape index (κ3) is 5.73. The zero-order valence-electron chi connectivity index (χ0n) is 14.8. The second kappa shape index (κ2) is 9.36. The van der Waals surface area contributed by atoms with Crippen LogP contribution in [0.3, 0.4) is 0 Å². The van der Waals surface area contributed by atoms with Gasteiger partial charge < -0.3 is 9.72 Å². The van der Waals surface area contributed by atoms with Crippen LogP contribution in [0.4, 0.5) is 0 Å². The molecule has 1 aromatic carbocycles. The number of aromatic amines is 2. The summed E-state index contributed by atoms with van der Waals surface area (Å²) in [6.45, 7) is 4.33. The molecule has 2 aromatic rings. The predicted molar refractivity (Wildman–Crippen MR) is 98.7 cm³/mol. The van der Waals surface area contributed by atoms with Crippen LogP contribution in [-0.2, 0) is 11.2 Å². The Bertz CT molecular complexity index is 881. The summed E-state index contributed by atoms with van der Waals surface area (Å²) in [4.78, 5) is 39.3. The van der Waals surface area contributed by atoms with Crippen molar-refractivity contribution in [2.45, 2.75) is 33.1 Å². The van der Waals surface area contributed by atoms with Crippen molar-refractivity contribution in [2.75, 3.05) is 6.61 Å². The van der Waals surface area contributed by atoms with Crippen LogP contribution in [0, 0.1) is 6.92 Å². The quantitative estimate of drug-likeness (QED) is 0.486. The van der Waals surface area contributed by atoms with Gasteiger partial charge in [-0.3, -0.25) is 14.6 Å². The minimum absolute atomic E-state index is 0.0805. The van der Waals surface area contributed by atoms with Gasteiger partial charge in [0.1, 0.15) is 5.75 Å². The van der Waals surface area contributed by atoms with E-state index in [4.69, 9.17) is 4.74 Å². The van der Waals surface area contributed by atoms with Gasteiger partial charge in [0, 0.05) is 17.7 Å². The van der Waals surface area contributed by atoms with Gasteiger partial charge in [0.15, 0.2) is 0 Å². The van der Waals surface area contributed by atoms with E-state index in [0.717, 1.165) is 17.7 Å². The van der Waals surface area contributed by atoms with Crippen molar-refractivity contribution < 1.29 is 9.53 Å². The lowest BCUT2D eigenvalue weighted by atomic mass is 10.1. The topological polar surface area (TPSA) is 116 Å². The van der Waals surface area contributed by atoms with Crippen molar-refractivity contribution in [3.8, 4) is 5.75 Å². The maximum atomic E-state index is 11.8. The van der Waals surface area contributed by atoms with E-state index in [1.165, 1.54) is 6.21 Å². The van der Waals surface area contributed by atoms with Crippen LogP contribution in [0.2, 0.25) is 0 Å². The third-order valence-corrected chi connectivity index (χ3v) is 3.61. The number of benzene rings is 1. The smallest absolute Gasteiger partial charge is 0.325 e. The van der Waals surface area contributed by atoms with E-state index in [9.17, 15) is 14.4 Å². The van der Waals surface area contributed by atoms with Crippen LogP contribution in [0.1, 0.15) is 36.6 Å². The summed E-state index contributed by atoms with van der Waals surface area (Å²) in [7, 11) is 0. The monoisotopic (exact) mass is 358 g/mol. The molecule has 0 aliphatic heterocycles. The minimum atomic E-state index is -0.559. The molecule has 0 fully saturated rings. The summed E-state index contributed by atoms with van der Waals surface area (Å²) >= 11 is 0. The molecule has 8 nitrogen and oxygen atoms in total. The molecule has 1 heterocycles. The molecule has 0 spiro atoms. The highest BCUT2D eigenvalue weighted by atomic mass is 16.5. The number of carbonyl (C=O) groups is 1. The molecule has 1 amide bonds. The number of nitrogens with one attached hydrogen (secondary N) is 3. The lowest BCUT2D eigenvalue weighted by Gasteiger charge is -2.04. The molecular weight excluding hydrogens is 336 g/mol. The average molecular weight is 358 g/mol. The highest BCUT2D eigenvalue weighted by Gasteiger charge is 2.08. The number of amides is 1. The summed E-state index contributed by atoms with van der Waals surface area (Å²) in [6, 6.07) is 7.35. The average Bonchev–Trinajstić information content (AvgIpc) is 2.60. The van der Waals surface area contributed by atoms with Gasteiger partial charge in [-0.15, -0.1) is 0 Å². The van der Waals surface area contributed by atoms with Crippen LogP contribution in [-0.4, -0.2) is 28.7 Å². The standard InChI is InChI=1S/C18H22N4O4/c1-3-10-26-14-6-4-13(5-7-14)11-19-22-16(23)9-8-15-12(2)20-18(25)21-17(15)24/h4-7,11H,3,8-10H2,1-2H3,(H,22,23)(H2,20,21,24,25)/b19-11+. The molecule has 0 saturated carbocycles. The first-order valence-corrected chi connectivity index (χ1v) is 8.36. The first-order valence-electron chi connectivity index (χ1n) is 8.36. The molecule has 26 heavy (non-hydrogen) atoms. The van der Waals surface area contributed by atoms with E-state index in [0.29, 0.717) is 17.9 Å². The van der Waals surface area contributed by atoms with Gasteiger partial charge in [-0.2, -0.15) is 5.10 Å². The molecule has 0 bridgehead atoms. The Morgan fingerprint density at radius 1 is 1.23 bits per heavy atom. The Balaban J connectivity index is 1.84. The van der Waals surface area contributed by atoms with E-state index in [-0.39, 0.29) is 18.7 Å². The number of aromatic nitrogens is 2. The molecule has 8 heteroatoms. The Morgan fingerprint density at radius 3 is 2.62 bits per heavy atom. The number of aryl methyl sites for hydroxylation is 1. The van der Waals surface area contributed by atoms with Crippen LogP contribution in [0.15, 0.2) is 39.0 Å². The molecule has 0 radical (unpaired) electrons. The van der Waals surface area contributed by atoms with Crippen molar-refractivity contribution in [3.63, 3.8) is 0 Å². The maximum absolute atomic E-state index is 11.8. The molecule has 138 valence electrons. The van der Waals surface area contributed by atoms with Gasteiger partial charge in [0.05, 0.1) is 12.8 Å². The summed E-state index contributed by atoms with van der Waals surface area (Å²) in [6.07, 6.45) is 2.76. The van der Waals surface area contributed by atoms with Gasteiger partial charge in [0.25, 0.3) is 5.56 Å². The fourth-order valence-corrected chi connectivity index (χ4v) is 2.27. The Kier molecular flexibility index (Phi) is 6.90. The lowest BCUT2D eigenvalue weighted by molar-refractivity contribution is -0.121. The molecule has 3 N–H and O–H groups in total. The minimum Gasteiger partial charge on any atom is -0.494 e. The van der Waals surface area contributed by atoms with Crippen LogP contribution < -0.4 is 21.4 Å². The normalized spacial score (nSPS) is 10.8. The molecule has 0 aliphatic rings. The van der Waals surface area contributed by atoms with E-state index >= 15 is 0 Å². The molecule has 0 unspecified atom stereocenters. The van der Waals surface area contributed by atoms with Crippen molar-refractivity contribution >= 4 is 12.1 Å². The summed E-state index contributed by atoms with van der Waals surface area (Å²) in [5, 5.41) is 3.90. The summed E-state index contributed by atoms with van der Waals surface area (Å²) < 4.78 is 5.49. The molecular formula is C18H22N4O4. The SMILES string of the molecule is CCCOc1ccc(/C=N/NC(=O)CCc2c(C)[nH]c(=O)[nH]c2=O)cc1. The molecule has 0 atom stereocenters. The highest BCUT2D eigenvalue weighted by molar-refractivity contribution is 5.82. The van der Waals surface area contributed by atoms with Crippen molar-refractivity contribution in [2.24, 2.45) is 5.10 Å². The second-order valence-electron chi connectivity index (χ2n) is 5.72. The molecule has 1 aromatic heterocycles. The number of nitrogens with zero attached hydrogens (tertiary/aromatic N) is 1. The van der Waals surface area contributed by atoms with Gasteiger partial charge >= 0.3 is 5.69 Å². The zero-order chi connectivity index (χ0) is 18.9. The molecule has 0 aliphatic carbocycles. The molecule has 0 saturated heterocycles.